The molecule has 4 rings (SSSR count). The van der Waals surface area contributed by atoms with Gasteiger partial charge in [-0.15, -0.1) is 0 Å². The van der Waals surface area contributed by atoms with Crippen LogP contribution in [-0.4, -0.2) is 35.3 Å². The molecule has 0 bridgehead atoms. The molecule has 2 aliphatic rings. The third-order valence-electron chi connectivity index (χ3n) is 4.59. The van der Waals surface area contributed by atoms with Crippen LogP contribution in [0.4, 0.5) is 0 Å². The number of aliphatic hydroxyl groups excluding tert-OH is 1. The minimum atomic E-state index is -0.213. The van der Waals surface area contributed by atoms with E-state index in [4.69, 9.17) is 4.74 Å². The van der Waals surface area contributed by atoms with E-state index in [2.05, 4.69) is 47.4 Å². The molecular weight excluding hydrogens is 274 g/mol. The number of rotatable bonds is 5. The standard InChI is InChI=1S/C19H21NO2/c21-18-8-15-6-7-19(10-16(15)9-18)22-13-17-12-20(17)11-14-4-2-1-3-5-14/h1-7,10,17-18,21H,8-9,11-13H2. The van der Waals surface area contributed by atoms with Crippen molar-refractivity contribution < 1.29 is 9.84 Å². The molecule has 3 heteroatoms. The molecule has 1 N–H and O–H groups in total. The van der Waals surface area contributed by atoms with Crippen LogP contribution in [-0.2, 0) is 19.4 Å². The number of aliphatic hydroxyl groups is 1. The molecule has 3 nitrogen and oxygen atoms in total. The number of ether oxygens (including phenoxy) is 1. The van der Waals surface area contributed by atoms with Gasteiger partial charge in [-0.05, 0) is 41.7 Å². The van der Waals surface area contributed by atoms with Crippen molar-refractivity contribution in [1.29, 1.82) is 0 Å². The van der Waals surface area contributed by atoms with Crippen molar-refractivity contribution in [2.24, 2.45) is 0 Å². The van der Waals surface area contributed by atoms with Crippen molar-refractivity contribution >= 4 is 0 Å². The van der Waals surface area contributed by atoms with Crippen molar-refractivity contribution in [3.8, 4) is 5.75 Å². The first-order valence-corrected chi connectivity index (χ1v) is 7.98. The van der Waals surface area contributed by atoms with Crippen LogP contribution in [0.25, 0.3) is 0 Å². The Morgan fingerprint density at radius 3 is 2.73 bits per heavy atom. The molecule has 3 unspecified atom stereocenters. The maximum Gasteiger partial charge on any atom is 0.119 e. The normalized spacial score (nSPS) is 25.8. The first kappa shape index (κ1) is 13.8. The Labute approximate surface area is 131 Å². The Bertz CT molecular complexity index is 656. The highest BCUT2D eigenvalue weighted by Crippen LogP contribution is 2.28. The lowest BCUT2D eigenvalue weighted by molar-refractivity contribution is 0.187. The zero-order chi connectivity index (χ0) is 14.9. The molecule has 22 heavy (non-hydrogen) atoms. The molecule has 2 aromatic carbocycles. The van der Waals surface area contributed by atoms with Crippen LogP contribution in [0.3, 0.4) is 0 Å². The van der Waals surface area contributed by atoms with Crippen LogP contribution in [0.2, 0.25) is 0 Å². The minimum Gasteiger partial charge on any atom is -0.492 e. The molecule has 0 radical (unpaired) electrons. The summed E-state index contributed by atoms with van der Waals surface area (Å²) in [5.41, 5.74) is 3.86. The van der Waals surface area contributed by atoms with Crippen molar-refractivity contribution in [3.63, 3.8) is 0 Å². The van der Waals surface area contributed by atoms with E-state index in [1.54, 1.807) is 0 Å². The van der Waals surface area contributed by atoms with Crippen LogP contribution in [0.15, 0.2) is 48.5 Å². The van der Waals surface area contributed by atoms with Gasteiger partial charge in [0.25, 0.3) is 0 Å². The van der Waals surface area contributed by atoms with Crippen LogP contribution in [0.5, 0.6) is 5.75 Å². The van der Waals surface area contributed by atoms with Crippen molar-refractivity contribution in [2.45, 2.75) is 31.5 Å². The van der Waals surface area contributed by atoms with E-state index >= 15 is 0 Å². The second kappa shape index (κ2) is 5.75. The largest absolute Gasteiger partial charge is 0.492 e. The summed E-state index contributed by atoms with van der Waals surface area (Å²) in [7, 11) is 0. The smallest absolute Gasteiger partial charge is 0.119 e. The average Bonchev–Trinajstić information content (AvgIpc) is 3.15. The van der Waals surface area contributed by atoms with Gasteiger partial charge in [0.15, 0.2) is 0 Å². The molecule has 3 atom stereocenters. The zero-order valence-electron chi connectivity index (χ0n) is 12.6. The maximum atomic E-state index is 9.70. The Hall–Kier alpha value is -1.84. The second-order valence-electron chi connectivity index (χ2n) is 6.37. The fourth-order valence-electron chi connectivity index (χ4n) is 3.25. The molecular formula is C19H21NO2. The molecule has 0 aromatic heterocycles. The van der Waals surface area contributed by atoms with Gasteiger partial charge in [0, 0.05) is 13.1 Å². The predicted octanol–water partition coefficient (Wildman–Crippen LogP) is 2.41. The number of nitrogens with zero attached hydrogens (tertiary/aromatic N) is 1. The summed E-state index contributed by atoms with van der Waals surface area (Å²) in [6, 6.07) is 17.3. The first-order chi connectivity index (χ1) is 10.8. The zero-order valence-corrected chi connectivity index (χ0v) is 12.6. The number of fused-ring (bicyclic) bond motifs is 1. The summed E-state index contributed by atoms with van der Waals surface area (Å²) < 4.78 is 5.94. The quantitative estimate of drug-likeness (QED) is 0.860. The summed E-state index contributed by atoms with van der Waals surface area (Å²) in [4.78, 5) is 2.42. The highest BCUT2D eigenvalue weighted by molar-refractivity contribution is 5.39. The van der Waals surface area contributed by atoms with E-state index in [-0.39, 0.29) is 6.10 Å². The highest BCUT2D eigenvalue weighted by atomic mass is 16.5. The first-order valence-electron chi connectivity index (χ1n) is 7.98. The van der Waals surface area contributed by atoms with Crippen molar-refractivity contribution in [2.75, 3.05) is 13.2 Å². The number of hydrogen-bond acceptors (Lipinski definition) is 3. The average molecular weight is 295 g/mol. The van der Waals surface area contributed by atoms with E-state index < -0.39 is 0 Å². The molecule has 1 saturated heterocycles. The second-order valence-corrected chi connectivity index (χ2v) is 6.37. The highest BCUT2D eigenvalue weighted by Gasteiger charge is 2.34. The van der Waals surface area contributed by atoms with Gasteiger partial charge in [-0.3, -0.25) is 4.90 Å². The van der Waals surface area contributed by atoms with Gasteiger partial charge in [-0.25, -0.2) is 0 Å². The topological polar surface area (TPSA) is 32.5 Å². The summed E-state index contributed by atoms with van der Waals surface area (Å²) in [5, 5.41) is 9.70. The van der Waals surface area contributed by atoms with Gasteiger partial charge in [-0.2, -0.15) is 0 Å². The summed E-state index contributed by atoms with van der Waals surface area (Å²) in [6.45, 7) is 2.86. The molecule has 1 aliphatic heterocycles. The maximum absolute atomic E-state index is 9.70. The van der Waals surface area contributed by atoms with Crippen LogP contribution in [0.1, 0.15) is 16.7 Å². The Morgan fingerprint density at radius 2 is 1.86 bits per heavy atom. The van der Waals surface area contributed by atoms with Crippen LogP contribution in [0, 0.1) is 0 Å². The fraction of sp³-hybridized carbons (Fsp3) is 0.368. The monoisotopic (exact) mass is 295 g/mol. The molecule has 1 fully saturated rings. The van der Waals surface area contributed by atoms with Gasteiger partial charge in [0.2, 0.25) is 0 Å². The van der Waals surface area contributed by atoms with Crippen molar-refractivity contribution in [3.05, 3.63) is 65.2 Å². The van der Waals surface area contributed by atoms with Gasteiger partial charge >= 0.3 is 0 Å². The van der Waals surface area contributed by atoms with E-state index in [1.807, 2.05) is 6.07 Å². The van der Waals surface area contributed by atoms with Crippen LogP contribution >= 0.6 is 0 Å². The number of hydrogen-bond donors (Lipinski definition) is 1. The number of benzene rings is 2. The Kier molecular flexibility index (Phi) is 3.60. The van der Waals surface area contributed by atoms with E-state index in [0.29, 0.717) is 6.04 Å². The summed E-state index contributed by atoms with van der Waals surface area (Å²) in [6.07, 6.45) is 1.33. The lowest BCUT2D eigenvalue weighted by atomic mass is 10.1. The van der Waals surface area contributed by atoms with E-state index in [1.165, 1.54) is 16.7 Å². The molecule has 2 aromatic rings. The SMILES string of the molecule is OC1Cc2ccc(OCC3CN3Cc3ccccc3)cc2C1. The molecule has 0 amide bonds. The van der Waals surface area contributed by atoms with Gasteiger partial charge in [0.05, 0.1) is 12.1 Å². The van der Waals surface area contributed by atoms with Gasteiger partial charge in [-0.1, -0.05) is 36.4 Å². The molecule has 114 valence electrons. The third kappa shape index (κ3) is 3.01. The Morgan fingerprint density at radius 1 is 1.05 bits per heavy atom. The van der Waals surface area contributed by atoms with E-state index in [9.17, 15) is 5.11 Å². The summed E-state index contributed by atoms with van der Waals surface area (Å²) in [5.74, 6) is 0.930. The molecule has 0 saturated carbocycles. The van der Waals surface area contributed by atoms with E-state index in [0.717, 1.165) is 38.3 Å². The predicted molar refractivity (Wildman–Crippen MR) is 86.0 cm³/mol. The van der Waals surface area contributed by atoms with Crippen LogP contribution < -0.4 is 4.74 Å². The van der Waals surface area contributed by atoms with Gasteiger partial charge in [0.1, 0.15) is 12.4 Å². The molecule has 1 aliphatic carbocycles. The minimum absolute atomic E-state index is 0.213. The Balaban J connectivity index is 1.29. The fourth-order valence-corrected chi connectivity index (χ4v) is 3.25. The lowest BCUT2D eigenvalue weighted by Crippen LogP contribution is -2.11. The lowest BCUT2D eigenvalue weighted by Gasteiger charge is -2.08. The molecule has 0 spiro atoms. The molecule has 1 heterocycles. The van der Waals surface area contributed by atoms with Gasteiger partial charge < -0.3 is 9.84 Å². The van der Waals surface area contributed by atoms with Crippen molar-refractivity contribution in [1.82, 2.24) is 4.90 Å². The summed E-state index contributed by atoms with van der Waals surface area (Å²) >= 11 is 0. The third-order valence-corrected chi connectivity index (χ3v) is 4.59.